The number of nitrogens with zero attached hydrogens (tertiary/aromatic N) is 1. The van der Waals surface area contributed by atoms with E-state index >= 15 is 0 Å². The van der Waals surface area contributed by atoms with E-state index in [-0.39, 0.29) is 10.6 Å². The van der Waals surface area contributed by atoms with Gasteiger partial charge in [0, 0.05) is 12.1 Å². The van der Waals surface area contributed by atoms with Crippen LogP contribution in [-0.2, 0) is 9.59 Å². The third-order valence-electron chi connectivity index (χ3n) is 2.39. The Morgan fingerprint density at radius 2 is 1.95 bits per heavy atom. The molecule has 0 saturated carbocycles. The number of aliphatic carboxylic acids is 2. The number of carboxylic acid groups (broad SMARTS) is 2. The number of hydrogen-bond acceptors (Lipinski definition) is 5. The van der Waals surface area contributed by atoms with Gasteiger partial charge >= 0.3 is 11.9 Å². The summed E-state index contributed by atoms with van der Waals surface area (Å²) in [7, 11) is 0. The molecule has 1 aromatic rings. The van der Waals surface area contributed by atoms with Crippen molar-refractivity contribution in [1.29, 1.82) is 0 Å². The first kappa shape index (κ1) is 16.4. The fourth-order valence-corrected chi connectivity index (χ4v) is 1.61. The molecule has 0 unspecified atom stereocenters. The van der Waals surface area contributed by atoms with Crippen LogP contribution in [0, 0.1) is 10.1 Å². The van der Waals surface area contributed by atoms with Crippen LogP contribution in [-0.4, -0.2) is 39.0 Å². The highest BCUT2D eigenvalue weighted by Crippen LogP contribution is 2.22. The average molecular weight is 317 g/mol. The highest BCUT2D eigenvalue weighted by atomic mass is 35.5. The third-order valence-corrected chi connectivity index (χ3v) is 2.72. The van der Waals surface area contributed by atoms with Gasteiger partial charge < -0.3 is 15.5 Å². The fourth-order valence-electron chi connectivity index (χ4n) is 1.41. The first-order valence-corrected chi connectivity index (χ1v) is 5.79. The van der Waals surface area contributed by atoms with Gasteiger partial charge in [0.1, 0.15) is 6.04 Å². The van der Waals surface area contributed by atoms with Gasteiger partial charge in [-0.1, -0.05) is 11.6 Å². The summed E-state index contributed by atoms with van der Waals surface area (Å²) in [5, 5.41) is 29.8. The molecule has 0 fully saturated rings. The van der Waals surface area contributed by atoms with E-state index in [1.54, 1.807) is 0 Å². The molecular weight excluding hydrogens is 308 g/mol. The molecule has 0 heterocycles. The quantitative estimate of drug-likeness (QED) is 0.521. The lowest BCUT2D eigenvalue weighted by Gasteiger charge is -2.12. The number of carbonyl (C=O) groups excluding carboxylic acids is 1. The minimum absolute atomic E-state index is 0.127. The van der Waals surface area contributed by atoms with E-state index in [1.807, 2.05) is 5.32 Å². The van der Waals surface area contributed by atoms with Crippen molar-refractivity contribution in [3.63, 3.8) is 0 Å². The lowest BCUT2D eigenvalue weighted by molar-refractivity contribution is -0.384. The highest BCUT2D eigenvalue weighted by molar-refractivity contribution is 6.34. The van der Waals surface area contributed by atoms with E-state index in [4.69, 9.17) is 21.8 Å². The van der Waals surface area contributed by atoms with E-state index in [0.717, 1.165) is 18.2 Å². The molecule has 1 amide bonds. The van der Waals surface area contributed by atoms with E-state index in [2.05, 4.69) is 0 Å². The number of nitro benzene ring substituents is 1. The largest absolute Gasteiger partial charge is 0.481 e. The zero-order chi connectivity index (χ0) is 16.2. The lowest BCUT2D eigenvalue weighted by Crippen LogP contribution is -2.42. The van der Waals surface area contributed by atoms with Crippen LogP contribution in [0.25, 0.3) is 0 Å². The zero-order valence-electron chi connectivity index (χ0n) is 10.3. The van der Waals surface area contributed by atoms with Crippen molar-refractivity contribution in [3.8, 4) is 0 Å². The van der Waals surface area contributed by atoms with Crippen molar-refractivity contribution in [2.24, 2.45) is 0 Å². The molecular formula is C11H9ClN2O7. The third kappa shape index (κ3) is 4.42. The van der Waals surface area contributed by atoms with Gasteiger partial charge in [0.25, 0.3) is 11.6 Å². The summed E-state index contributed by atoms with van der Waals surface area (Å²) in [6.07, 6.45) is -0.840. The molecule has 0 aliphatic heterocycles. The average Bonchev–Trinajstić information content (AvgIpc) is 2.37. The number of nitrogens with one attached hydrogen (secondary N) is 1. The molecule has 3 N–H and O–H groups in total. The van der Waals surface area contributed by atoms with Gasteiger partial charge in [-0.15, -0.1) is 0 Å². The SMILES string of the molecule is O=C(O)C[C@H](NC(=O)c1cc([N+](=O)[O-])ccc1Cl)C(=O)O. The number of carboxylic acids is 2. The normalized spacial score (nSPS) is 11.5. The number of carbonyl (C=O) groups is 3. The molecule has 10 heteroatoms. The summed E-state index contributed by atoms with van der Waals surface area (Å²) in [5.74, 6) is -3.99. The van der Waals surface area contributed by atoms with Crippen LogP contribution in [0.3, 0.4) is 0 Å². The van der Waals surface area contributed by atoms with Gasteiger partial charge in [-0.2, -0.15) is 0 Å². The molecule has 0 spiro atoms. The minimum atomic E-state index is -1.68. The zero-order valence-corrected chi connectivity index (χ0v) is 11.0. The van der Waals surface area contributed by atoms with Gasteiger partial charge in [-0.05, 0) is 6.07 Å². The van der Waals surface area contributed by atoms with Crippen LogP contribution in [0.2, 0.25) is 5.02 Å². The second-order valence-electron chi connectivity index (χ2n) is 3.88. The second kappa shape index (κ2) is 6.66. The monoisotopic (exact) mass is 316 g/mol. The van der Waals surface area contributed by atoms with Crippen LogP contribution in [0.4, 0.5) is 5.69 Å². The number of non-ortho nitro benzene ring substituents is 1. The molecule has 9 nitrogen and oxygen atoms in total. The van der Waals surface area contributed by atoms with Gasteiger partial charge in [0.05, 0.1) is 21.9 Å². The number of halogens is 1. The molecule has 0 aliphatic rings. The molecule has 0 aliphatic carbocycles. The predicted octanol–water partition coefficient (Wildman–Crippen LogP) is 0.906. The van der Waals surface area contributed by atoms with Crippen LogP contribution in [0.5, 0.6) is 0 Å². The maximum Gasteiger partial charge on any atom is 0.326 e. The molecule has 0 bridgehead atoms. The Balaban J connectivity index is 3.02. The Morgan fingerprint density at radius 3 is 2.43 bits per heavy atom. The Bertz CT molecular complexity index is 617. The number of nitro groups is 1. The van der Waals surface area contributed by atoms with E-state index in [9.17, 15) is 24.5 Å². The molecule has 1 rings (SSSR count). The molecule has 0 radical (unpaired) electrons. The smallest absolute Gasteiger partial charge is 0.326 e. The van der Waals surface area contributed by atoms with Crippen LogP contribution in [0.1, 0.15) is 16.8 Å². The minimum Gasteiger partial charge on any atom is -0.481 e. The summed E-state index contributed by atoms with van der Waals surface area (Å²) < 4.78 is 0. The van der Waals surface area contributed by atoms with E-state index in [1.165, 1.54) is 0 Å². The van der Waals surface area contributed by atoms with Crippen molar-refractivity contribution in [2.45, 2.75) is 12.5 Å². The lowest BCUT2D eigenvalue weighted by atomic mass is 10.1. The summed E-state index contributed by atoms with van der Waals surface area (Å²) in [6.45, 7) is 0. The maximum absolute atomic E-state index is 11.9. The van der Waals surface area contributed by atoms with E-state index in [0.29, 0.717) is 0 Å². The maximum atomic E-state index is 11.9. The van der Waals surface area contributed by atoms with Gasteiger partial charge in [0.15, 0.2) is 0 Å². The van der Waals surface area contributed by atoms with Crippen molar-refractivity contribution in [1.82, 2.24) is 5.32 Å². The van der Waals surface area contributed by atoms with Crippen molar-refractivity contribution in [2.75, 3.05) is 0 Å². The number of benzene rings is 1. The first-order chi connectivity index (χ1) is 9.72. The molecule has 0 saturated heterocycles. The molecule has 1 atom stereocenters. The summed E-state index contributed by atoms with van der Waals surface area (Å²) in [5.41, 5.74) is -0.725. The summed E-state index contributed by atoms with van der Waals surface area (Å²) in [4.78, 5) is 43.1. The predicted molar refractivity (Wildman–Crippen MR) is 69.2 cm³/mol. The van der Waals surface area contributed by atoms with Crippen molar-refractivity contribution >= 4 is 35.1 Å². The second-order valence-corrected chi connectivity index (χ2v) is 4.29. The molecule has 21 heavy (non-hydrogen) atoms. The van der Waals surface area contributed by atoms with Crippen LogP contribution in [0.15, 0.2) is 18.2 Å². The topological polar surface area (TPSA) is 147 Å². The van der Waals surface area contributed by atoms with Crippen molar-refractivity contribution in [3.05, 3.63) is 38.9 Å². The summed E-state index contributed by atoms with van der Waals surface area (Å²) in [6, 6.07) is 1.38. The Kier molecular flexibility index (Phi) is 5.19. The molecule has 0 aromatic heterocycles. The van der Waals surface area contributed by atoms with Gasteiger partial charge in [0.2, 0.25) is 0 Å². The standard InChI is InChI=1S/C11H9ClN2O7/c12-7-2-1-5(14(20)21)3-6(7)10(17)13-8(11(18)19)4-9(15)16/h1-3,8H,4H2,(H,13,17)(H,15,16)(H,18,19)/t8-/m0/s1. The number of rotatable bonds is 6. The number of hydrogen-bond donors (Lipinski definition) is 3. The van der Waals surface area contributed by atoms with Crippen LogP contribution >= 0.6 is 11.6 Å². The Morgan fingerprint density at radius 1 is 1.33 bits per heavy atom. The Hall–Kier alpha value is -2.68. The van der Waals surface area contributed by atoms with E-state index < -0.39 is 40.9 Å². The molecule has 112 valence electrons. The van der Waals surface area contributed by atoms with Gasteiger partial charge in [-0.3, -0.25) is 19.7 Å². The van der Waals surface area contributed by atoms with Gasteiger partial charge in [-0.25, -0.2) is 4.79 Å². The highest BCUT2D eigenvalue weighted by Gasteiger charge is 2.25. The fraction of sp³-hybridized carbons (Fsp3) is 0.182. The first-order valence-electron chi connectivity index (χ1n) is 5.41. The molecule has 1 aromatic carbocycles. The van der Waals surface area contributed by atoms with Crippen molar-refractivity contribution < 1.29 is 29.5 Å². The summed E-state index contributed by atoms with van der Waals surface area (Å²) >= 11 is 5.72. The Labute approximate surface area is 122 Å². The van der Waals surface area contributed by atoms with Crippen LogP contribution < -0.4 is 5.32 Å². The number of amides is 1.